The van der Waals surface area contributed by atoms with Crippen molar-refractivity contribution in [3.8, 4) is 0 Å². The summed E-state index contributed by atoms with van der Waals surface area (Å²) in [5.41, 5.74) is 7.91. The molecule has 0 spiro atoms. The number of rotatable bonds is 9. The zero-order valence-electron chi connectivity index (χ0n) is 15.3. The van der Waals surface area contributed by atoms with Crippen LogP contribution < -0.4 is 16.4 Å². The first-order valence-corrected chi connectivity index (χ1v) is 9.35. The molecule has 3 amide bonds. The molecule has 8 nitrogen and oxygen atoms in total. The molecule has 1 aromatic carbocycles. The third-order valence-corrected chi connectivity index (χ3v) is 4.87. The molecule has 4 N–H and O–H groups in total. The van der Waals surface area contributed by atoms with Gasteiger partial charge in [-0.25, -0.2) is 0 Å². The summed E-state index contributed by atoms with van der Waals surface area (Å²) in [6, 6.07) is 5.18. The molecule has 27 heavy (non-hydrogen) atoms. The van der Waals surface area contributed by atoms with Gasteiger partial charge in [0.25, 0.3) is 5.91 Å². The third-order valence-electron chi connectivity index (χ3n) is 4.87. The zero-order valence-corrected chi connectivity index (χ0v) is 15.3. The van der Waals surface area contributed by atoms with Crippen LogP contribution in [0.5, 0.6) is 0 Å². The molecule has 2 aliphatic rings. The highest BCUT2D eigenvalue weighted by Gasteiger charge is 2.39. The minimum atomic E-state index is -0.584. The summed E-state index contributed by atoms with van der Waals surface area (Å²) in [6.45, 7) is 3.49. The number of nitrogens with one attached hydrogen (secondary N) is 2. The maximum atomic E-state index is 12.9. The minimum Gasteiger partial charge on any atom is -0.380 e. The van der Waals surface area contributed by atoms with Crippen LogP contribution in [-0.2, 0) is 27.4 Å². The van der Waals surface area contributed by atoms with Gasteiger partial charge in [0.1, 0.15) is 6.04 Å². The molecule has 146 valence electrons. The van der Waals surface area contributed by atoms with E-state index in [0.29, 0.717) is 51.4 Å². The van der Waals surface area contributed by atoms with Gasteiger partial charge in [-0.1, -0.05) is 18.2 Å². The lowest BCUT2D eigenvalue weighted by Gasteiger charge is -2.29. The lowest BCUT2D eigenvalue weighted by molar-refractivity contribution is -0.136. The van der Waals surface area contributed by atoms with Crippen LogP contribution in [0.2, 0.25) is 0 Å². The highest BCUT2D eigenvalue weighted by molar-refractivity contribution is 6.05. The summed E-state index contributed by atoms with van der Waals surface area (Å²) >= 11 is 0. The Labute approximate surface area is 158 Å². The molecule has 3 rings (SSSR count). The Morgan fingerprint density at radius 1 is 1.26 bits per heavy atom. The van der Waals surface area contributed by atoms with Crippen molar-refractivity contribution < 1.29 is 19.1 Å². The number of carbonyl (C=O) groups is 3. The first kappa shape index (κ1) is 19.5. The Kier molecular flexibility index (Phi) is 6.54. The van der Waals surface area contributed by atoms with Crippen molar-refractivity contribution in [2.45, 2.75) is 38.4 Å². The number of ether oxygens (including phenoxy) is 1. The van der Waals surface area contributed by atoms with Crippen molar-refractivity contribution in [3.05, 3.63) is 34.9 Å². The van der Waals surface area contributed by atoms with Crippen LogP contribution in [0.15, 0.2) is 18.2 Å². The molecular formula is C19H26N4O4. The number of nitrogens with two attached hydrogens (primary N) is 1. The smallest absolute Gasteiger partial charge is 0.255 e. The highest BCUT2D eigenvalue weighted by Crippen LogP contribution is 2.29. The Hall–Kier alpha value is -2.29. The van der Waals surface area contributed by atoms with Gasteiger partial charge in [0.05, 0.1) is 6.61 Å². The number of hydrogen-bond donors (Lipinski definition) is 3. The van der Waals surface area contributed by atoms with E-state index in [1.165, 1.54) is 0 Å². The van der Waals surface area contributed by atoms with Crippen LogP contribution >= 0.6 is 0 Å². The molecular weight excluding hydrogens is 348 g/mol. The van der Waals surface area contributed by atoms with E-state index >= 15 is 0 Å². The van der Waals surface area contributed by atoms with Crippen molar-refractivity contribution >= 4 is 17.7 Å². The predicted molar refractivity (Wildman–Crippen MR) is 98.7 cm³/mol. The first-order valence-electron chi connectivity index (χ1n) is 9.35. The van der Waals surface area contributed by atoms with E-state index in [1.54, 1.807) is 4.90 Å². The SMILES string of the molecule is NCCCOCCNCc1cccc2c1C(=O)N(C1CCC(=O)NC1=O)C2. The fourth-order valence-corrected chi connectivity index (χ4v) is 3.49. The number of carbonyl (C=O) groups excluding carboxylic acids is 3. The lowest BCUT2D eigenvalue weighted by Crippen LogP contribution is -2.52. The van der Waals surface area contributed by atoms with E-state index in [2.05, 4.69) is 10.6 Å². The molecule has 0 radical (unpaired) electrons. The largest absolute Gasteiger partial charge is 0.380 e. The molecule has 1 fully saturated rings. The zero-order chi connectivity index (χ0) is 19.2. The summed E-state index contributed by atoms with van der Waals surface area (Å²) in [5, 5.41) is 5.61. The molecule has 0 saturated carbocycles. The van der Waals surface area contributed by atoms with Crippen LogP contribution in [0, 0.1) is 0 Å². The number of imide groups is 1. The Morgan fingerprint density at radius 3 is 2.89 bits per heavy atom. The lowest BCUT2D eigenvalue weighted by atomic mass is 10.0. The summed E-state index contributed by atoms with van der Waals surface area (Å²) < 4.78 is 5.45. The fourth-order valence-electron chi connectivity index (χ4n) is 3.49. The average molecular weight is 374 g/mol. The van der Waals surface area contributed by atoms with Crippen LogP contribution in [-0.4, -0.2) is 55.0 Å². The summed E-state index contributed by atoms with van der Waals surface area (Å²) in [6.07, 6.45) is 1.48. The van der Waals surface area contributed by atoms with Gasteiger partial charge in [-0.2, -0.15) is 0 Å². The summed E-state index contributed by atoms with van der Waals surface area (Å²) in [7, 11) is 0. The van der Waals surface area contributed by atoms with E-state index in [0.717, 1.165) is 17.5 Å². The predicted octanol–water partition coefficient (Wildman–Crippen LogP) is -0.0974. The molecule has 0 aromatic heterocycles. The molecule has 1 unspecified atom stereocenters. The topological polar surface area (TPSA) is 114 Å². The molecule has 1 aromatic rings. The maximum absolute atomic E-state index is 12.9. The standard InChI is InChI=1S/C19H26N4O4/c20-7-2-9-27-10-8-21-11-13-3-1-4-14-12-23(19(26)17(13)14)15-5-6-16(24)22-18(15)25/h1,3-4,15,21H,2,5-12,20H2,(H,22,24,25). The van der Waals surface area contributed by atoms with E-state index in [9.17, 15) is 14.4 Å². The van der Waals surface area contributed by atoms with Crippen LogP contribution in [0.1, 0.15) is 40.7 Å². The van der Waals surface area contributed by atoms with E-state index in [4.69, 9.17) is 10.5 Å². The van der Waals surface area contributed by atoms with Gasteiger partial charge in [0.2, 0.25) is 11.8 Å². The second kappa shape index (κ2) is 9.07. The Balaban J connectivity index is 1.59. The molecule has 0 aliphatic carbocycles. The minimum absolute atomic E-state index is 0.143. The summed E-state index contributed by atoms with van der Waals surface area (Å²) in [5.74, 6) is -0.809. The van der Waals surface area contributed by atoms with Crippen LogP contribution in [0.3, 0.4) is 0 Å². The number of amides is 3. The number of piperidine rings is 1. The van der Waals surface area contributed by atoms with Gasteiger partial charge in [-0.3, -0.25) is 19.7 Å². The van der Waals surface area contributed by atoms with Crippen molar-refractivity contribution in [1.29, 1.82) is 0 Å². The monoisotopic (exact) mass is 374 g/mol. The van der Waals surface area contributed by atoms with E-state index in [-0.39, 0.29) is 24.1 Å². The molecule has 1 atom stereocenters. The quantitative estimate of drug-likeness (QED) is 0.411. The molecule has 0 bridgehead atoms. The number of hydrogen-bond acceptors (Lipinski definition) is 6. The van der Waals surface area contributed by atoms with E-state index in [1.807, 2.05) is 18.2 Å². The van der Waals surface area contributed by atoms with Gasteiger partial charge in [-0.15, -0.1) is 0 Å². The van der Waals surface area contributed by atoms with Gasteiger partial charge in [0.15, 0.2) is 0 Å². The van der Waals surface area contributed by atoms with Gasteiger partial charge >= 0.3 is 0 Å². The number of benzene rings is 1. The van der Waals surface area contributed by atoms with Crippen molar-refractivity contribution in [2.75, 3.05) is 26.3 Å². The number of nitrogens with zero attached hydrogens (tertiary/aromatic N) is 1. The van der Waals surface area contributed by atoms with Crippen LogP contribution in [0.25, 0.3) is 0 Å². The van der Waals surface area contributed by atoms with Crippen molar-refractivity contribution in [1.82, 2.24) is 15.5 Å². The second-order valence-electron chi connectivity index (χ2n) is 6.78. The van der Waals surface area contributed by atoms with Gasteiger partial charge in [-0.05, 0) is 30.5 Å². The Bertz CT molecular complexity index is 722. The van der Waals surface area contributed by atoms with E-state index < -0.39 is 6.04 Å². The summed E-state index contributed by atoms with van der Waals surface area (Å²) in [4.78, 5) is 38.0. The maximum Gasteiger partial charge on any atom is 0.255 e. The molecule has 2 heterocycles. The highest BCUT2D eigenvalue weighted by atomic mass is 16.5. The molecule has 8 heteroatoms. The third kappa shape index (κ3) is 4.52. The van der Waals surface area contributed by atoms with Crippen molar-refractivity contribution in [3.63, 3.8) is 0 Å². The Morgan fingerprint density at radius 2 is 2.11 bits per heavy atom. The molecule has 1 saturated heterocycles. The van der Waals surface area contributed by atoms with Crippen molar-refractivity contribution in [2.24, 2.45) is 5.73 Å². The van der Waals surface area contributed by atoms with Crippen LogP contribution in [0.4, 0.5) is 0 Å². The normalized spacial score (nSPS) is 19.4. The average Bonchev–Trinajstić information content (AvgIpc) is 2.98. The van der Waals surface area contributed by atoms with Gasteiger partial charge in [0, 0.05) is 38.2 Å². The fraction of sp³-hybridized carbons (Fsp3) is 0.526. The first-order chi connectivity index (χ1) is 13.1. The molecule has 2 aliphatic heterocycles. The second-order valence-corrected chi connectivity index (χ2v) is 6.78. The van der Waals surface area contributed by atoms with Gasteiger partial charge < -0.3 is 20.7 Å². The number of fused-ring (bicyclic) bond motifs is 1.